The van der Waals surface area contributed by atoms with E-state index in [0.717, 1.165) is 23.2 Å². The number of halogens is 4. The molecule has 0 bridgehead atoms. The zero-order chi connectivity index (χ0) is 21.9. The number of hydrogen-bond donors (Lipinski definition) is 1. The number of ether oxygens (including phenoxy) is 1. The van der Waals surface area contributed by atoms with Gasteiger partial charge in [0.2, 0.25) is 5.91 Å². The molecule has 1 amide bonds. The Morgan fingerprint density at radius 2 is 1.86 bits per heavy atom. The number of primary amides is 1. The molecular weight excluding hydrogens is 449 g/mol. The van der Waals surface area contributed by atoms with Crippen LogP contribution in [0.5, 0.6) is 5.75 Å². The summed E-state index contributed by atoms with van der Waals surface area (Å²) < 4.78 is 41.7. The van der Waals surface area contributed by atoms with E-state index >= 15 is 0 Å². The predicted molar refractivity (Wildman–Crippen MR) is 112 cm³/mol. The molecule has 2 aromatic carbocycles. The molecule has 0 aliphatic rings. The van der Waals surface area contributed by atoms with Gasteiger partial charge in [-0.05, 0) is 71.1 Å². The van der Waals surface area contributed by atoms with Gasteiger partial charge in [0, 0.05) is 13.2 Å². The van der Waals surface area contributed by atoms with Crippen molar-refractivity contribution >= 4 is 27.5 Å². The number of carbonyl (C=O) groups excluding carboxylic acids is 1. The number of allylic oxidation sites excluding steroid dienone is 1. The van der Waals surface area contributed by atoms with Crippen LogP contribution in [0, 0.1) is 6.92 Å². The summed E-state index contributed by atoms with van der Waals surface area (Å²) in [5.74, 6) is -0.925. The van der Waals surface area contributed by atoms with Crippen molar-refractivity contribution in [1.29, 1.82) is 0 Å². The zero-order valence-corrected chi connectivity index (χ0v) is 18.1. The second-order valence-electron chi connectivity index (χ2n) is 6.64. The van der Waals surface area contributed by atoms with Gasteiger partial charge in [0.1, 0.15) is 5.75 Å². The highest BCUT2D eigenvalue weighted by Crippen LogP contribution is 2.40. The third-order valence-corrected chi connectivity index (χ3v) is 5.28. The number of amides is 1. The standard InChI is InChI=1S/C21H22BrF3N2O2/c1-5-12(2)11-27(4)19-13(3)16(10-17(18(19)22)20(26)28)14-6-8-15(9-7-14)29-21(23,24)25/h6-11H,5H2,1-4H3,(H2,26,28)/b12-11+. The number of nitrogens with zero attached hydrogens (tertiary/aromatic N) is 1. The van der Waals surface area contributed by atoms with Gasteiger partial charge >= 0.3 is 6.36 Å². The maximum absolute atomic E-state index is 12.4. The van der Waals surface area contributed by atoms with Crippen LogP contribution in [-0.2, 0) is 0 Å². The molecule has 8 heteroatoms. The number of benzene rings is 2. The molecule has 4 nitrogen and oxygen atoms in total. The normalized spacial score (nSPS) is 12.1. The fourth-order valence-corrected chi connectivity index (χ4v) is 3.84. The molecule has 2 rings (SSSR count). The Hall–Kier alpha value is -2.48. The first-order chi connectivity index (χ1) is 13.4. The predicted octanol–water partition coefficient (Wildman–Crippen LogP) is 6.17. The lowest BCUT2D eigenvalue weighted by Gasteiger charge is -2.24. The van der Waals surface area contributed by atoms with E-state index in [0.29, 0.717) is 15.6 Å². The van der Waals surface area contributed by atoms with Gasteiger partial charge in [-0.3, -0.25) is 4.79 Å². The quantitative estimate of drug-likeness (QED) is 0.548. The third kappa shape index (κ3) is 5.53. The molecule has 0 spiro atoms. The smallest absolute Gasteiger partial charge is 0.406 e. The number of alkyl halides is 3. The summed E-state index contributed by atoms with van der Waals surface area (Å²) in [7, 11) is 1.86. The van der Waals surface area contributed by atoms with Crippen LogP contribution in [0.3, 0.4) is 0 Å². The van der Waals surface area contributed by atoms with E-state index in [4.69, 9.17) is 5.73 Å². The number of nitrogens with two attached hydrogens (primary N) is 1. The van der Waals surface area contributed by atoms with E-state index in [1.54, 1.807) is 6.07 Å². The average Bonchev–Trinajstić information content (AvgIpc) is 2.61. The van der Waals surface area contributed by atoms with Crippen LogP contribution >= 0.6 is 15.9 Å². The highest BCUT2D eigenvalue weighted by Gasteiger charge is 2.31. The summed E-state index contributed by atoms with van der Waals surface area (Å²) in [4.78, 5) is 13.9. The molecule has 0 radical (unpaired) electrons. The lowest BCUT2D eigenvalue weighted by molar-refractivity contribution is -0.274. The van der Waals surface area contributed by atoms with E-state index in [1.165, 1.54) is 24.3 Å². The molecular formula is C21H22BrF3N2O2. The Bertz CT molecular complexity index is 938. The van der Waals surface area contributed by atoms with Crippen LogP contribution < -0.4 is 15.4 Å². The molecule has 0 unspecified atom stereocenters. The first kappa shape index (κ1) is 22.8. The second-order valence-corrected chi connectivity index (χ2v) is 7.43. The zero-order valence-electron chi connectivity index (χ0n) is 16.5. The summed E-state index contributed by atoms with van der Waals surface area (Å²) >= 11 is 3.48. The van der Waals surface area contributed by atoms with Gasteiger partial charge in [0.15, 0.2) is 0 Å². The third-order valence-electron chi connectivity index (χ3n) is 4.48. The highest BCUT2D eigenvalue weighted by atomic mass is 79.9. The maximum atomic E-state index is 12.4. The van der Waals surface area contributed by atoms with Crippen molar-refractivity contribution in [3.8, 4) is 16.9 Å². The van der Waals surface area contributed by atoms with Crippen molar-refractivity contribution in [3.05, 3.63) is 57.7 Å². The SMILES string of the molecule is CC/C(C)=C/N(C)c1c(C)c(-c2ccc(OC(F)(F)F)cc2)cc(C(N)=O)c1Br. The van der Waals surface area contributed by atoms with Crippen molar-refractivity contribution in [2.24, 2.45) is 5.73 Å². The highest BCUT2D eigenvalue weighted by molar-refractivity contribution is 9.10. The summed E-state index contributed by atoms with van der Waals surface area (Å²) in [5, 5.41) is 0. The van der Waals surface area contributed by atoms with E-state index in [-0.39, 0.29) is 11.3 Å². The molecule has 0 aromatic heterocycles. The van der Waals surface area contributed by atoms with Crippen LogP contribution in [0.2, 0.25) is 0 Å². The van der Waals surface area contributed by atoms with E-state index in [9.17, 15) is 18.0 Å². The van der Waals surface area contributed by atoms with Gasteiger partial charge in [-0.2, -0.15) is 0 Å². The van der Waals surface area contributed by atoms with Crippen molar-refractivity contribution in [1.82, 2.24) is 0 Å². The summed E-state index contributed by atoms with van der Waals surface area (Å²) in [6.07, 6.45) is -1.93. The monoisotopic (exact) mass is 470 g/mol. The van der Waals surface area contributed by atoms with Crippen molar-refractivity contribution in [2.75, 3.05) is 11.9 Å². The lowest BCUT2D eigenvalue weighted by Crippen LogP contribution is -2.17. The van der Waals surface area contributed by atoms with Crippen LogP contribution in [0.1, 0.15) is 36.2 Å². The Kier molecular flexibility index (Phi) is 7.00. The number of rotatable bonds is 6. The molecule has 0 atom stereocenters. The van der Waals surface area contributed by atoms with Crippen LogP contribution in [0.15, 0.2) is 46.6 Å². The fraction of sp³-hybridized carbons (Fsp3) is 0.286. The Labute approximate surface area is 176 Å². The van der Waals surface area contributed by atoms with Crippen LogP contribution in [-0.4, -0.2) is 19.3 Å². The van der Waals surface area contributed by atoms with Crippen molar-refractivity contribution in [2.45, 2.75) is 33.6 Å². The van der Waals surface area contributed by atoms with Crippen LogP contribution in [0.4, 0.5) is 18.9 Å². The lowest BCUT2D eigenvalue weighted by atomic mass is 9.95. The largest absolute Gasteiger partial charge is 0.573 e. The second kappa shape index (κ2) is 8.90. The first-order valence-electron chi connectivity index (χ1n) is 8.83. The summed E-state index contributed by atoms with van der Waals surface area (Å²) in [6, 6.07) is 7.13. The molecule has 0 aliphatic heterocycles. The molecule has 0 fully saturated rings. The van der Waals surface area contributed by atoms with Gasteiger partial charge in [-0.15, -0.1) is 13.2 Å². The van der Waals surface area contributed by atoms with Crippen LogP contribution in [0.25, 0.3) is 11.1 Å². The molecule has 0 saturated carbocycles. The number of anilines is 1. The van der Waals surface area contributed by atoms with Crippen molar-refractivity contribution < 1.29 is 22.7 Å². The average molecular weight is 471 g/mol. The minimum absolute atomic E-state index is 0.283. The molecule has 156 valence electrons. The minimum atomic E-state index is -4.76. The fourth-order valence-electron chi connectivity index (χ4n) is 2.96. The van der Waals surface area contributed by atoms with Gasteiger partial charge < -0.3 is 15.4 Å². The van der Waals surface area contributed by atoms with Gasteiger partial charge in [-0.25, -0.2) is 0 Å². The van der Waals surface area contributed by atoms with E-state index in [1.807, 2.05) is 38.9 Å². The Morgan fingerprint density at radius 1 is 1.28 bits per heavy atom. The topological polar surface area (TPSA) is 55.6 Å². The molecule has 2 N–H and O–H groups in total. The van der Waals surface area contributed by atoms with Gasteiger partial charge in [-0.1, -0.05) is 24.6 Å². The summed E-state index contributed by atoms with van der Waals surface area (Å²) in [5.41, 5.74) is 9.89. The first-order valence-corrected chi connectivity index (χ1v) is 9.63. The molecule has 0 aliphatic carbocycles. The summed E-state index contributed by atoms with van der Waals surface area (Å²) in [6.45, 7) is 5.92. The number of hydrogen-bond acceptors (Lipinski definition) is 3. The Morgan fingerprint density at radius 3 is 2.34 bits per heavy atom. The maximum Gasteiger partial charge on any atom is 0.573 e. The molecule has 0 heterocycles. The molecule has 2 aromatic rings. The van der Waals surface area contributed by atoms with Gasteiger partial charge in [0.05, 0.1) is 15.7 Å². The van der Waals surface area contributed by atoms with Gasteiger partial charge in [0.25, 0.3) is 0 Å². The number of carbonyl (C=O) groups is 1. The van der Waals surface area contributed by atoms with E-state index < -0.39 is 12.3 Å². The Balaban J connectivity index is 2.62. The van der Waals surface area contributed by atoms with Crippen molar-refractivity contribution in [3.63, 3.8) is 0 Å². The molecule has 29 heavy (non-hydrogen) atoms. The minimum Gasteiger partial charge on any atom is -0.406 e. The molecule has 0 saturated heterocycles. The van der Waals surface area contributed by atoms with E-state index in [2.05, 4.69) is 20.7 Å².